The Labute approximate surface area is 69.1 Å². The Morgan fingerprint density at radius 3 is 2.73 bits per heavy atom. The lowest BCUT2D eigenvalue weighted by molar-refractivity contribution is 0.284. The number of anilines is 1. The number of unbranched alkanes of at least 4 members (excludes halogenated alkanes) is 1. The molecule has 0 saturated carbocycles. The summed E-state index contributed by atoms with van der Waals surface area (Å²) < 4.78 is 0. The quantitative estimate of drug-likeness (QED) is 0.648. The van der Waals surface area contributed by atoms with Crippen molar-refractivity contribution in [2.75, 3.05) is 12.3 Å². The molecular weight excluding hydrogens is 162 g/mol. The van der Waals surface area contributed by atoms with Gasteiger partial charge >= 0.3 is 0 Å². The van der Waals surface area contributed by atoms with Crippen LogP contribution in [0.4, 0.5) is 5.13 Å². The SMILES string of the molecule is Nc1nnc(CCCCO)s1. The molecule has 0 saturated heterocycles. The van der Waals surface area contributed by atoms with Gasteiger partial charge in [0.1, 0.15) is 5.01 Å². The van der Waals surface area contributed by atoms with E-state index in [9.17, 15) is 0 Å². The standard InChI is InChI=1S/C6H11N3OS/c7-6-9-8-5(11-6)3-1-2-4-10/h10H,1-4H2,(H2,7,9). The van der Waals surface area contributed by atoms with Crippen LogP contribution >= 0.6 is 11.3 Å². The molecule has 0 aromatic carbocycles. The van der Waals surface area contributed by atoms with Crippen molar-refractivity contribution in [2.45, 2.75) is 19.3 Å². The molecule has 5 heteroatoms. The first-order chi connectivity index (χ1) is 5.33. The van der Waals surface area contributed by atoms with Gasteiger partial charge in [0.15, 0.2) is 0 Å². The van der Waals surface area contributed by atoms with E-state index in [-0.39, 0.29) is 6.61 Å². The molecule has 0 atom stereocenters. The fourth-order valence-corrected chi connectivity index (χ4v) is 1.41. The maximum Gasteiger partial charge on any atom is 0.203 e. The van der Waals surface area contributed by atoms with Gasteiger partial charge in [-0.05, 0) is 12.8 Å². The zero-order valence-corrected chi connectivity index (χ0v) is 6.97. The lowest BCUT2D eigenvalue weighted by Gasteiger charge is -1.91. The van der Waals surface area contributed by atoms with Gasteiger partial charge in [-0.15, -0.1) is 10.2 Å². The Bertz CT molecular complexity index is 213. The smallest absolute Gasteiger partial charge is 0.203 e. The lowest BCUT2D eigenvalue weighted by atomic mass is 10.2. The summed E-state index contributed by atoms with van der Waals surface area (Å²) >= 11 is 1.41. The lowest BCUT2D eigenvalue weighted by Crippen LogP contribution is -1.87. The predicted molar refractivity (Wildman–Crippen MR) is 44.3 cm³/mol. The number of nitrogens with two attached hydrogens (primary N) is 1. The highest BCUT2D eigenvalue weighted by molar-refractivity contribution is 7.15. The van der Waals surface area contributed by atoms with Gasteiger partial charge in [0, 0.05) is 13.0 Å². The van der Waals surface area contributed by atoms with E-state index in [1.807, 2.05) is 0 Å². The summed E-state index contributed by atoms with van der Waals surface area (Å²) in [5.41, 5.74) is 5.38. The fourth-order valence-electron chi connectivity index (χ4n) is 0.756. The van der Waals surface area contributed by atoms with E-state index in [1.54, 1.807) is 0 Å². The number of aliphatic hydroxyl groups is 1. The summed E-state index contributed by atoms with van der Waals surface area (Å²) in [6.07, 6.45) is 2.64. The number of rotatable bonds is 4. The third-order valence-corrected chi connectivity index (χ3v) is 2.09. The second kappa shape index (κ2) is 4.25. The highest BCUT2D eigenvalue weighted by Gasteiger charge is 1.99. The normalized spacial score (nSPS) is 10.3. The summed E-state index contributed by atoms with van der Waals surface area (Å²) in [5.74, 6) is 0. The van der Waals surface area contributed by atoms with Crippen molar-refractivity contribution in [1.29, 1.82) is 0 Å². The molecule has 0 unspecified atom stereocenters. The zero-order chi connectivity index (χ0) is 8.10. The molecule has 1 aromatic rings. The summed E-state index contributed by atoms with van der Waals surface area (Å²) in [4.78, 5) is 0. The van der Waals surface area contributed by atoms with E-state index in [0.29, 0.717) is 5.13 Å². The molecule has 1 aromatic heterocycles. The molecule has 4 nitrogen and oxygen atoms in total. The molecule has 11 heavy (non-hydrogen) atoms. The molecular formula is C6H11N3OS. The molecule has 0 aliphatic carbocycles. The van der Waals surface area contributed by atoms with Gasteiger partial charge in [0.2, 0.25) is 5.13 Å². The van der Waals surface area contributed by atoms with Gasteiger partial charge in [-0.2, -0.15) is 0 Å². The Balaban J connectivity index is 2.27. The van der Waals surface area contributed by atoms with E-state index in [1.165, 1.54) is 11.3 Å². The number of hydrogen-bond donors (Lipinski definition) is 2. The summed E-state index contributed by atoms with van der Waals surface area (Å²) in [5, 5.41) is 17.5. The van der Waals surface area contributed by atoms with Crippen LogP contribution < -0.4 is 5.73 Å². The van der Waals surface area contributed by atoms with Crippen molar-refractivity contribution in [3.05, 3.63) is 5.01 Å². The Kier molecular flexibility index (Phi) is 3.25. The highest BCUT2D eigenvalue weighted by Crippen LogP contribution is 2.12. The van der Waals surface area contributed by atoms with Crippen molar-refractivity contribution < 1.29 is 5.11 Å². The predicted octanol–water partition coefficient (Wildman–Crippen LogP) is 0.435. The minimum Gasteiger partial charge on any atom is -0.396 e. The molecule has 0 radical (unpaired) electrons. The molecule has 0 fully saturated rings. The van der Waals surface area contributed by atoms with E-state index >= 15 is 0 Å². The monoisotopic (exact) mass is 173 g/mol. The first-order valence-corrected chi connectivity index (χ1v) is 4.33. The minimum atomic E-state index is 0.244. The van der Waals surface area contributed by atoms with E-state index in [4.69, 9.17) is 10.8 Å². The summed E-state index contributed by atoms with van der Waals surface area (Å²) in [7, 11) is 0. The third-order valence-electron chi connectivity index (χ3n) is 1.28. The van der Waals surface area contributed by atoms with Crippen LogP contribution in [0.25, 0.3) is 0 Å². The maximum atomic E-state index is 8.49. The number of nitrogen functional groups attached to an aromatic ring is 1. The molecule has 1 rings (SSSR count). The number of nitrogens with zero attached hydrogens (tertiary/aromatic N) is 2. The van der Waals surface area contributed by atoms with Crippen LogP contribution in [0.2, 0.25) is 0 Å². The van der Waals surface area contributed by atoms with Crippen LogP contribution in [-0.2, 0) is 6.42 Å². The number of aryl methyl sites for hydroxylation is 1. The van der Waals surface area contributed by atoms with Crippen molar-refractivity contribution in [1.82, 2.24) is 10.2 Å². The van der Waals surface area contributed by atoms with Crippen LogP contribution in [0.15, 0.2) is 0 Å². The Morgan fingerprint density at radius 1 is 1.36 bits per heavy atom. The van der Waals surface area contributed by atoms with Crippen molar-refractivity contribution in [3.8, 4) is 0 Å². The molecule has 0 bridgehead atoms. The van der Waals surface area contributed by atoms with Gasteiger partial charge in [-0.25, -0.2) is 0 Å². The summed E-state index contributed by atoms with van der Waals surface area (Å²) in [6, 6.07) is 0. The van der Waals surface area contributed by atoms with Crippen LogP contribution in [0.1, 0.15) is 17.8 Å². The summed E-state index contributed by atoms with van der Waals surface area (Å²) in [6.45, 7) is 0.244. The van der Waals surface area contributed by atoms with Crippen LogP contribution in [0.3, 0.4) is 0 Å². The highest BCUT2D eigenvalue weighted by atomic mass is 32.1. The topological polar surface area (TPSA) is 72.0 Å². The second-order valence-corrected chi connectivity index (χ2v) is 3.31. The first-order valence-electron chi connectivity index (χ1n) is 3.51. The van der Waals surface area contributed by atoms with E-state index < -0.39 is 0 Å². The molecule has 62 valence electrons. The molecule has 0 aliphatic heterocycles. The Morgan fingerprint density at radius 2 is 2.18 bits per heavy atom. The minimum absolute atomic E-state index is 0.244. The molecule has 1 heterocycles. The average Bonchev–Trinajstić information content (AvgIpc) is 2.37. The van der Waals surface area contributed by atoms with E-state index in [0.717, 1.165) is 24.3 Å². The van der Waals surface area contributed by atoms with Gasteiger partial charge in [-0.1, -0.05) is 11.3 Å². The van der Waals surface area contributed by atoms with Crippen LogP contribution in [0, 0.1) is 0 Å². The van der Waals surface area contributed by atoms with Gasteiger partial charge < -0.3 is 10.8 Å². The molecule has 0 aliphatic rings. The second-order valence-electron chi connectivity index (χ2n) is 2.21. The third kappa shape index (κ3) is 2.81. The van der Waals surface area contributed by atoms with Crippen molar-refractivity contribution in [3.63, 3.8) is 0 Å². The van der Waals surface area contributed by atoms with Gasteiger partial charge in [0.05, 0.1) is 0 Å². The maximum absolute atomic E-state index is 8.49. The first kappa shape index (κ1) is 8.42. The fraction of sp³-hybridized carbons (Fsp3) is 0.667. The molecule has 0 spiro atoms. The van der Waals surface area contributed by atoms with Crippen LogP contribution in [-0.4, -0.2) is 21.9 Å². The van der Waals surface area contributed by atoms with Gasteiger partial charge in [-0.3, -0.25) is 0 Å². The zero-order valence-electron chi connectivity index (χ0n) is 6.16. The largest absolute Gasteiger partial charge is 0.396 e. The van der Waals surface area contributed by atoms with Gasteiger partial charge in [0.25, 0.3) is 0 Å². The van der Waals surface area contributed by atoms with Crippen molar-refractivity contribution in [2.24, 2.45) is 0 Å². The average molecular weight is 173 g/mol. The molecule has 0 amide bonds. The number of hydrogen-bond acceptors (Lipinski definition) is 5. The number of aromatic nitrogens is 2. The Hall–Kier alpha value is -0.680. The molecule has 3 N–H and O–H groups in total. The van der Waals surface area contributed by atoms with E-state index in [2.05, 4.69) is 10.2 Å². The number of aliphatic hydroxyl groups excluding tert-OH is 1. The van der Waals surface area contributed by atoms with Crippen LogP contribution in [0.5, 0.6) is 0 Å². The van der Waals surface area contributed by atoms with Crippen molar-refractivity contribution >= 4 is 16.5 Å².